The number of nitrogens with zero attached hydrogens (tertiary/aromatic N) is 1. The van der Waals surface area contributed by atoms with Gasteiger partial charge in [0.2, 0.25) is 0 Å². The minimum absolute atomic E-state index is 0. The van der Waals surface area contributed by atoms with Gasteiger partial charge in [-0.25, -0.2) is 9.59 Å². The Morgan fingerprint density at radius 2 is 1.27 bits per heavy atom. The number of hydrogen-bond donors (Lipinski definition) is 3. The first-order valence-electron chi connectivity index (χ1n) is 13.0. The van der Waals surface area contributed by atoms with Crippen LogP contribution in [-0.2, 0) is 39.7 Å². The van der Waals surface area contributed by atoms with Crippen molar-refractivity contribution >= 4 is 46.0 Å². The maximum Gasteiger partial charge on any atom is 1.00 e. The molecule has 13 nitrogen and oxygen atoms in total. The average molecular weight is 778 g/mol. The summed E-state index contributed by atoms with van der Waals surface area (Å²) in [7, 11) is -3.64. The van der Waals surface area contributed by atoms with Gasteiger partial charge in [0.05, 0.1) is 30.6 Å². The van der Waals surface area contributed by atoms with Crippen molar-refractivity contribution in [3.05, 3.63) is 70.8 Å². The molecule has 2 atom stereocenters. The normalized spacial score (nSPS) is 16.5. The van der Waals surface area contributed by atoms with Crippen molar-refractivity contribution in [1.29, 1.82) is 5.53 Å². The minimum atomic E-state index is -3.64. The second-order valence-electron chi connectivity index (χ2n) is 12.0. The molecule has 45 heavy (non-hydrogen) atoms. The summed E-state index contributed by atoms with van der Waals surface area (Å²) in [6.45, 7) is 14.7. The summed E-state index contributed by atoms with van der Waals surface area (Å²) in [5.74, 6) is 3.39. The van der Waals surface area contributed by atoms with E-state index in [1.165, 1.54) is 31.2 Å². The van der Waals surface area contributed by atoms with Gasteiger partial charge in [-0.2, -0.15) is 13.9 Å². The summed E-state index contributed by atoms with van der Waals surface area (Å²) in [6, 6.07) is 13.5. The van der Waals surface area contributed by atoms with Crippen LogP contribution in [0.1, 0.15) is 87.2 Å². The topological polar surface area (TPSA) is 221 Å². The van der Waals surface area contributed by atoms with Crippen LogP contribution in [0.4, 0.5) is 0 Å². The molecule has 1 fully saturated rings. The third-order valence-electron chi connectivity index (χ3n) is 5.40. The number of hydrogen-bond acceptors (Lipinski definition) is 12. The van der Waals surface area contributed by atoms with Crippen LogP contribution in [-0.4, -0.2) is 61.6 Å². The van der Waals surface area contributed by atoms with E-state index in [0.29, 0.717) is 16.7 Å². The van der Waals surface area contributed by atoms with Gasteiger partial charge in [-0.3, -0.25) is 4.18 Å². The van der Waals surface area contributed by atoms with E-state index in [1.54, 1.807) is 32.9 Å². The Morgan fingerprint density at radius 1 is 0.933 bits per heavy atom. The third kappa shape index (κ3) is 18.9. The van der Waals surface area contributed by atoms with Crippen LogP contribution in [0.5, 0.6) is 0 Å². The summed E-state index contributed by atoms with van der Waals surface area (Å²) >= 11 is 0. The van der Waals surface area contributed by atoms with Crippen molar-refractivity contribution in [3.8, 4) is 0 Å². The van der Waals surface area contributed by atoms with Crippen molar-refractivity contribution in [2.75, 3.05) is 19.5 Å². The van der Waals surface area contributed by atoms with Crippen molar-refractivity contribution in [2.24, 2.45) is 11.1 Å². The van der Waals surface area contributed by atoms with E-state index in [1.807, 2.05) is 39.8 Å². The molecule has 0 aromatic heterocycles. The van der Waals surface area contributed by atoms with Gasteiger partial charge in [-0.15, -0.1) is 24.0 Å². The standard InChI is InChI=1S/C15H22O6S.C14H18O3.HI.H3N3.Na.H2O/c1-14(2,3)21-13(16)11-6-8-12(9-7-11)15(4,17)10-20-22(5,18)19;1-13(2,3)17-12(15)10-5-7-11(8-6-10)14(4)9-16-14;;1-3-2;;/h6-9,17H,10H2,1-5H3;5-8H,9H2,1-4H3;1H;(H3,1,2);;1H2/q;;;;+1;/p-1/t15-;14-;;;;/m11..../s1. The second kappa shape index (κ2) is 19.2. The van der Waals surface area contributed by atoms with E-state index >= 15 is 0 Å². The zero-order valence-corrected chi connectivity index (χ0v) is 32.7. The van der Waals surface area contributed by atoms with E-state index in [-0.39, 0.29) is 70.6 Å². The molecular formula is C29H45IN3NaO10S. The minimum Gasteiger partial charge on any atom is -0.870 e. The molecule has 0 saturated carbocycles. The van der Waals surface area contributed by atoms with E-state index in [4.69, 9.17) is 19.7 Å². The molecule has 5 N–H and O–H groups in total. The summed E-state index contributed by atoms with van der Waals surface area (Å²) in [5.41, 5.74) is 5.38. The zero-order chi connectivity index (χ0) is 32.6. The van der Waals surface area contributed by atoms with Gasteiger partial charge in [-0.05, 0) is 90.8 Å². The van der Waals surface area contributed by atoms with Crippen LogP contribution in [0, 0.1) is 5.53 Å². The van der Waals surface area contributed by atoms with Gasteiger partial charge in [-0.1, -0.05) is 29.5 Å². The smallest absolute Gasteiger partial charge is 0.870 e. The van der Waals surface area contributed by atoms with E-state index < -0.39 is 39.5 Å². The molecule has 0 aliphatic carbocycles. The van der Waals surface area contributed by atoms with Crippen LogP contribution in [0.3, 0.4) is 0 Å². The summed E-state index contributed by atoms with van der Waals surface area (Å²) in [4.78, 5) is 23.7. The Kier molecular flexibility index (Phi) is 20.4. The number of rotatable bonds is 7. The van der Waals surface area contributed by atoms with Crippen LogP contribution in [0.15, 0.2) is 53.8 Å². The molecule has 1 aliphatic heterocycles. The monoisotopic (exact) mass is 777 g/mol. The molecule has 0 amide bonds. The SMILES string of the molecule is CC(C)(C)OC(=O)c1ccc([C@@]2(C)CO2)cc1.CC(C)(C)OC(=O)c1ccc([C@](C)(O)COS(C)(=O)=O)cc1.I.N=NN.[Na+].[OH-]. The predicted molar refractivity (Wildman–Crippen MR) is 174 cm³/mol. The fourth-order valence-electron chi connectivity index (χ4n) is 3.18. The van der Waals surface area contributed by atoms with E-state index in [2.05, 4.69) is 15.2 Å². The fraction of sp³-hybridized carbons (Fsp3) is 0.517. The maximum absolute atomic E-state index is 11.9. The van der Waals surface area contributed by atoms with Gasteiger partial charge in [0, 0.05) is 0 Å². The first-order valence-corrected chi connectivity index (χ1v) is 14.8. The average Bonchev–Trinajstić information content (AvgIpc) is 3.60. The van der Waals surface area contributed by atoms with Crippen LogP contribution in [0.25, 0.3) is 0 Å². The fourth-order valence-corrected chi connectivity index (χ4v) is 3.62. The van der Waals surface area contributed by atoms with Gasteiger partial charge in [0.25, 0.3) is 10.1 Å². The van der Waals surface area contributed by atoms with Crippen LogP contribution in [0.2, 0.25) is 0 Å². The first-order chi connectivity index (χ1) is 19.0. The number of benzene rings is 2. The van der Waals surface area contributed by atoms with Gasteiger partial charge < -0.3 is 30.6 Å². The number of carbonyl (C=O) groups is 2. The quantitative estimate of drug-likeness (QED) is 0.0540. The molecule has 0 spiro atoms. The molecule has 2 aromatic carbocycles. The Morgan fingerprint density at radius 3 is 1.56 bits per heavy atom. The van der Waals surface area contributed by atoms with Crippen molar-refractivity contribution in [2.45, 2.75) is 77.8 Å². The number of nitrogens with one attached hydrogen (secondary N) is 1. The predicted octanol–water partition coefficient (Wildman–Crippen LogP) is 2.05. The Labute approximate surface area is 305 Å². The van der Waals surface area contributed by atoms with Crippen molar-refractivity contribution < 1.29 is 76.5 Å². The number of nitrogens with two attached hydrogens (primary N) is 1. The summed E-state index contributed by atoms with van der Waals surface area (Å²) < 4.78 is 42.5. The molecule has 1 aliphatic rings. The molecular weight excluding hydrogens is 732 g/mol. The summed E-state index contributed by atoms with van der Waals surface area (Å²) in [6.07, 6.45) is 0.911. The Hall–Kier alpha value is -1.70. The van der Waals surface area contributed by atoms with E-state index in [9.17, 15) is 23.1 Å². The molecule has 3 rings (SSSR count). The second-order valence-corrected chi connectivity index (χ2v) is 13.7. The van der Waals surface area contributed by atoms with E-state index in [0.717, 1.165) is 18.4 Å². The number of ether oxygens (including phenoxy) is 3. The molecule has 2 aromatic rings. The largest absolute Gasteiger partial charge is 1.00 e. The molecule has 250 valence electrons. The Balaban J connectivity index is -0.000000692. The first kappa shape index (κ1) is 47.7. The molecule has 0 unspecified atom stereocenters. The molecule has 1 heterocycles. The van der Waals surface area contributed by atoms with Crippen molar-refractivity contribution in [1.82, 2.24) is 0 Å². The number of carbonyl (C=O) groups excluding carboxylic acids is 2. The molecule has 1 saturated heterocycles. The molecule has 0 radical (unpaired) electrons. The number of halogens is 1. The van der Waals surface area contributed by atoms with Gasteiger partial charge in [0.15, 0.2) is 0 Å². The van der Waals surface area contributed by atoms with Crippen LogP contribution >= 0.6 is 24.0 Å². The van der Waals surface area contributed by atoms with Crippen molar-refractivity contribution in [3.63, 3.8) is 0 Å². The number of epoxide rings is 1. The van der Waals surface area contributed by atoms with Gasteiger partial charge in [0.1, 0.15) is 22.4 Å². The summed E-state index contributed by atoms with van der Waals surface area (Å²) in [5, 5.41) is 12.5. The van der Waals surface area contributed by atoms with Gasteiger partial charge >= 0.3 is 41.5 Å². The maximum atomic E-state index is 11.9. The third-order valence-corrected chi connectivity index (χ3v) is 5.95. The van der Waals surface area contributed by atoms with Crippen LogP contribution < -0.4 is 35.4 Å². The zero-order valence-electron chi connectivity index (χ0n) is 27.5. The molecule has 0 bridgehead atoms. The Bertz CT molecular complexity index is 1320. The number of esters is 2. The number of aliphatic hydroxyl groups is 1. The molecule has 16 heteroatoms.